The molecule has 0 nitrogen and oxygen atoms in total. The normalized spacial score (nSPS) is 12.4. The minimum absolute atomic E-state index is 1.15. The molecule has 0 saturated heterocycles. The summed E-state index contributed by atoms with van der Waals surface area (Å²) in [6, 6.07) is 8.64. The molecule has 94 valence electrons. The standard InChI is InChI=1S/C14H23BrSi2/c1-16(2,3)14(17(4,5)6)11-12-7-9-13(15)10-8-12/h7-11H,1-6H3. The van der Waals surface area contributed by atoms with E-state index >= 15 is 0 Å². The van der Waals surface area contributed by atoms with Crippen LogP contribution in [0, 0.1) is 0 Å². The van der Waals surface area contributed by atoms with Crippen LogP contribution in [0.3, 0.4) is 0 Å². The molecule has 1 aromatic rings. The van der Waals surface area contributed by atoms with Crippen molar-refractivity contribution >= 4 is 38.2 Å². The highest BCUT2D eigenvalue weighted by Gasteiger charge is 2.30. The second-order valence-electron chi connectivity index (χ2n) is 6.61. The van der Waals surface area contributed by atoms with Gasteiger partial charge in [-0.05, 0) is 17.7 Å². The highest BCUT2D eigenvalue weighted by molar-refractivity contribution is 9.10. The van der Waals surface area contributed by atoms with Gasteiger partial charge in [0.1, 0.15) is 0 Å². The molecule has 0 amide bonds. The van der Waals surface area contributed by atoms with Crippen LogP contribution in [-0.4, -0.2) is 16.1 Å². The molecule has 0 fully saturated rings. The van der Waals surface area contributed by atoms with Gasteiger partial charge in [-0.2, -0.15) is 0 Å². The summed E-state index contributed by atoms with van der Waals surface area (Å²) in [5, 5.41) is 0. The van der Waals surface area contributed by atoms with E-state index in [1.807, 2.05) is 0 Å². The summed E-state index contributed by atoms with van der Waals surface area (Å²) in [7, 11) is -2.41. The monoisotopic (exact) mass is 326 g/mol. The smallest absolute Gasteiger partial charge is 0.0682 e. The lowest BCUT2D eigenvalue weighted by Gasteiger charge is -2.31. The SMILES string of the molecule is C[Si](C)(C)C(=Cc1ccc(Br)cc1)[Si](C)(C)C. The van der Waals surface area contributed by atoms with Gasteiger partial charge in [-0.15, -0.1) is 0 Å². The van der Waals surface area contributed by atoms with Gasteiger partial charge in [0.05, 0.1) is 16.1 Å². The van der Waals surface area contributed by atoms with Crippen molar-refractivity contribution in [3.63, 3.8) is 0 Å². The maximum absolute atomic E-state index is 3.49. The summed E-state index contributed by atoms with van der Waals surface area (Å²) < 4.78 is 1.15. The van der Waals surface area contributed by atoms with E-state index in [9.17, 15) is 0 Å². The molecular formula is C14H23BrSi2. The van der Waals surface area contributed by atoms with E-state index in [4.69, 9.17) is 0 Å². The first-order valence-electron chi connectivity index (χ1n) is 6.09. The number of rotatable bonds is 3. The van der Waals surface area contributed by atoms with Gasteiger partial charge in [0.25, 0.3) is 0 Å². The zero-order chi connectivity index (χ0) is 13.3. The van der Waals surface area contributed by atoms with Gasteiger partial charge in [-0.25, -0.2) is 0 Å². The predicted octanol–water partition coefficient (Wildman–Crippen LogP) is 5.59. The lowest BCUT2D eigenvalue weighted by Crippen LogP contribution is -2.39. The van der Waals surface area contributed by atoms with Gasteiger partial charge < -0.3 is 0 Å². The van der Waals surface area contributed by atoms with Gasteiger partial charge in [0, 0.05) is 4.47 Å². The maximum Gasteiger partial charge on any atom is 0.0682 e. The zero-order valence-corrected chi connectivity index (χ0v) is 15.4. The van der Waals surface area contributed by atoms with Gasteiger partial charge >= 0.3 is 0 Å². The van der Waals surface area contributed by atoms with Crippen molar-refractivity contribution < 1.29 is 0 Å². The third-order valence-corrected chi connectivity index (χ3v) is 11.3. The average Bonchev–Trinajstić information content (AvgIpc) is 2.13. The second-order valence-corrected chi connectivity index (χ2v) is 18.1. The van der Waals surface area contributed by atoms with Gasteiger partial charge in [-0.3, -0.25) is 0 Å². The number of benzene rings is 1. The van der Waals surface area contributed by atoms with Crippen LogP contribution in [0.1, 0.15) is 5.56 Å². The van der Waals surface area contributed by atoms with Crippen LogP contribution in [0.5, 0.6) is 0 Å². The quantitative estimate of drug-likeness (QED) is 0.635. The fourth-order valence-electron chi connectivity index (χ4n) is 2.28. The van der Waals surface area contributed by atoms with Crippen molar-refractivity contribution in [1.29, 1.82) is 0 Å². The highest BCUT2D eigenvalue weighted by Crippen LogP contribution is 2.27. The molecule has 0 radical (unpaired) electrons. The summed E-state index contributed by atoms with van der Waals surface area (Å²) in [6.07, 6.45) is 2.45. The Balaban J connectivity index is 3.20. The molecule has 17 heavy (non-hydrogen) atoms. The molecule has 0 aliphatic carbocycles. The van der Waals surface area contributed by atoms with Crippen LogP contribution in [0.4, 0.5) is 0 Å². The first-order chi connectivity index (χ1) is 7.60. The van der Waals surface area contributed by atoms with Crippen molar-refractivity contribution in [2.75, 3.05) is 0 Å². The summed E-state index contributed by atoms with van der Waals surface area (Å²) in [4.78, 5) is 1.76. The zero-order valence-electron chi connectivity index (χ0n) is 11.8. The largest absolute Gasteiger partial charge is 0.0906 e. The minimum Gasteiger partial charge on any atom is -0.0906 e. The summed E-state index contributed by atoms with van der Waals surface area (Å²) in [6.45, 7) is 14.7. The lowest BCUT2D eigenvalue weighted by atomic mass is 10.2. The Kier molecular flexibility index (Phi) is 4.61. The number of halogens is 1. The Hall–Kier alpha value is -0.126. The molecule has 0 aromatic heterocycles. The minimum atomic E-state index is -1.21. The maximum atomic E-state index is 3.49. The highest BCUT2D eigenvalue weighted by atomic mass is 79.9. The topological polar surface area (TPSA) is 0 Å². The van der Waals surface area contributed by atoms with Crippen LogP contribution >= 0.6 is 15.9 Å². The summed E-state index contributed by atoms with van der Waals surface area (Å²) in [5.74, 6) is 0. The van der Waals surface area contributed by atoms with Crippen molar-refractivity contribution in [3.05, 3.63) is 39.1 Å². The fourth-order valence-corrected chi connectivity index (χ4v) is 12.7. The van der Waals surface area contributed by atoms with Gasteiger partial charge in [-0.1, -0.05) is 78.2 Å². The Bertz CT molecular complexity index is 389. The van der Waals surface area contributed by atoms with Crippen LogP contribution in [0.25, 0.3) is 6.08 Å². The van der Waals surface area contributed by atoms with E-state index in [0.717, 1.165) is 4.47 Å². The molecule has 1 rings (SSSR count). The molecule has 0 heterocycles. The predicted molar refractivity (Wildman–Crippen MR) is 88.8 cm³/mol. The molecule has 0 spiro atoms. The number of hydrogen-bond acceptors (Lipinski definition) is 0. The fraction of sp³-hybridized carbons (Fsp3) is 0.429. The van der Waals surface area contributed by atoms with Crippen molar-refractivity contribution in [2.24, 2.45) is 0 Å². The van der Waals surface area contributed by atoms with Gasteiger partial charge in [0.2, 0.25) is 0 Å². The molecule has 0 atom stereocenters. The van der Waals surface area contributed by atoms with E-state index in [0.29, 0.717) is 0 Å². The Morgan fingerprint density at radius 2 is 1.29 bits per heavy atom. The summed E-state index contributed by atoms with van der Waals surface area (Å²) >= 11 is 3.49. The van der Waals surface area contributed by atoms with Crippen molar-refractivity contribution in [3.8, 4) is 0 Å². The molecule has 0 unspecified atom stereocenters. The first kappa shape index (κ1) is 14.9. The van der Waals surface area contributed by atoms with E-state index < -0.39 is 16.1 Å². The van der Waals surface area contributed by atoms with Crippen molar-refractivity contribution in [2.45, 2.75) is 39.3 Å². The molecule has 0 aliphatic heterocycles. The third-order valence-electron chi connectivity index (χ3n) is 2.80. The van der Waals surface area contributed by atoms with Crippen LogP contribution in [-0.2, 0) is 0 Å². The Labute approximate surface area is 116 Å². The molecule has 0 saturated carbocycles. The molecule has 0 bridgehead atoms. The molecule has 3 heteroatoms. The van der Waals surface area contributed by atoms with Gasteiger partial charge in [0.15, 0.2) is 0 Å². The average molecular weight is 327 g/mol. The molecule has 0 aliphatic rings. The van der Waals surface area contributed by atoms with E-state index in [-0.39, 0.29) is 0 Å². The molecule has 1 aromatic carbocycles. The van der Waals surface area contributed by atoms with E-state index in [1.165, 1.54) is 5.56 Å². The van der Waals surface area contributed by atoms with Crippen LogP contribution in [0.15, 0.2) is 33.6 Å². The lowest BCUT2D eigenvalue weighted by molar-refractivity contribution is 1.59. The van der Waals surface area contributed by atoms with Crippen molar-refractivity contribution in [1.82, 2.24) is 0 Å². The van der Waals surface area contributed by atoms with Crippen LogP contribution in [0.2, 0.25) is 39.3 Å². The third kappa shape index (κ3) is 4.56. The molecular weight excluding hydrogens is 304 g/mol. The molecule has 0 N–H and O–H groups in total. The summed E-state index contributed by atoms with van der Waals surface area (Å²) in [5.41, 5.74) is 1.34. The Morgan fingerprint density at radius 3 is 1.65 bits per heavy atom. The first-order valence-corrected chi connectivity index (χ1v) is 13.9. The van der Waals surface area contributed by atoms with E-state index in [1.54, 1.807) is 4.82 Å². The van der Waals surface area contributed by atoms with E-state index in [2.05, 4.69) is 85.6 Å². The van der Waals surface area contributed by atoms with Crippen LogP contribution < -0.4 is 0 Å². The number of hydrogen-bond donors (Lipinski definition) is 0. The second kappa shape index (κ2) is 5.25. The Morgan fingerprint density at radius 1 is 0.882 bits per heavy atom.